The Labute approximate surface area is 176 Å². The highest BCUT2D eigenvalue weighted by Crippen LogP contribution is 2.15. The third-order valence-corrected chi connectivity index (χ3v) is 4.66. The summed E-state index contributed by atoms with van der Waals surface area (Å²) in [6.45, 7) is 10.3. The first kappa shape index (κ1) is 23.2. The molecule has 0 radical (unpaired) electrons. The fraction of sp³-hybridized carbons (Fsp3) is 0.650. The van der Waals surface area contributed by atoms with Gasteiger partial charge in [-0.1, -0.05) is 31.2 Å². The predicted octanol–water partition coefficient (Wildman–Crippen LogP) is 2.91. The molecule has 6 heteroatoms. The van der Waals surface area contributed by atoms with E-state index in [0.717, 1.165) is 32.1 Å². The minimum atomic E-state index is 0. The zero-order chi connectivity index (χ0) is 18.1. The van der Waals surface area contributed by atoms with E-state index in [0.29, 0.717) is 12.6 Å². The molecule has 1 aliphatic heterocycles. The maximum absolute atomic E-state index is 4.78. The van der Waals surface area contributed by atoms with Crippen LogP contribution in [0.2, 0.25) is 0 Å². The normalized spacial score (nSPS) is 18.0. The standard InChI is InChI=1S/C20H35N5.HI/c1-5-21-20(23-15-19-11-8-12-25(19)6-2)22-14-17-9-7-10-18(13-17)16-24(3)4;/h7,9-10,13,19H,5-6,8,11-12,14-16H2,1-4H3,(H2,21,22,23);1H. The summed E-state index contributed by atoms with van der Waals surface area (Å²) in [5, 5.41) is 6.90. The minimum absolute atomic E-state index is 0. The van der Waals surface area contributed by atoms with Gasteiger partial charge in [0.25, 0.3) is 0 Å². The second-order valence-electron chi connectivity index (χ2n) is 7.06. The Morgan fingerprint density at radius 3 is 2.69 bits per heavy atom. The summed E-state index contributed by atoms with van der Waals surface area (Å²) in [7, 11) is 4.20. The Bertz CT molecular complexity index is 547. The lowest BCUT2D eigenvalue weighted by molar-refractivity contribution is 0.267. The first-order valence-electron chi connectivity index (χ1n) is 9.61. The number of rotatable bonds is 8. The molecule has 0 spiro atoms. The van der Waals surface area contributed by atoms with Crippen molar-refractivity contribution in [2.24, 2.45) is 4.99 Å². The van der Waals surface area contributed by atoms with Gasteiger partial charge in [0.2, 0.25) is 0 Å². The predicted molar refractivity (Wildman–Crippen MR) is 122 cm³/mol. The van der Waals surface area contributed by atoms with Crippen LogP contribution in [0.4, 0.5) is 0 Å². The van der Waals surface area contributed by atoms with E-state index in [9.17, 15) is 0 Å². The molecule has 2 N–H and O–H groups in total. The number of nitrogens with zero attached hydrogens (tertiary/aromatic N) is 3. The van der Waals surface area contributed by atoms with Crippen molar-refractivity contribution in [2.75, 3.05) is 40.3 Å². The molecule has 0 saturated carbocycles. The molecule has 0 bridgehead atoms. The van der Waals surface area contributed by atoms with E-state index >= 15 is 0 Å². The van der Waals surface area contributed by atoms with E-state index in [1.54, 1.807) is 0 Å². The van der Waals surface area contributed by atoms with Gasteiger partial charge in [-0.05, 0) is 58.1 Å². The van der Waals surface area contributed by atoms with Crippen molar-refractivity contribution in [1.29, 1.82) is 0 Å². The number of hydrogen-bond donors (Lipinski definition) is 2. The summed E-state index contributed by atoms with van der Waals surface area (Å²) in [5.41, 5.74) is 2.59. The highest BCUT2D eigenvalue weighted by Gasteiger charge is 2.22. The SMILES string of the molecule is CCNC(=NCc1cccc(CN(C)C)c1)NCC1CCCN1CC.I. The van der Waals surface area contributed by atoms with Crippen molar-refractivity contribution in [3.63, 3.8) is 0 Å². The van der Waals surface area contributed by atoms with Gasteiger partial charge in [0.05, 0.1) is 6.54 Å². The average molecular weight is 473 g/mol. The lowest BCUT2D eigenvalue weighted by atomic mass is 10.1. The van der Waals surface area contributed by atoms with Crippen LogP contribution in [0.15, 0.2) is 29.3 Å². The molecule has 1 unspecified atom stereocenters. The van der Waals surface area contributed by atoms with E-state index in [1.807, 2.05) is 0 Å². The number of likely N-dealkylation sites (tertiary alicyclic amines) is 1. The summed E-state index contributed by atoms with van der Waals surface area (Å²) in [5.74, 6) is 0.920. The Hall–Kier alpha value is -0.860. The van der Waals surface area contributed by atoms with Crippen molar-refractivity contribution >= 4 is 29.9 Å². The third kappa shape index (κ3) is 7.80. The van der Waals surface area contributed by atoms with Crippen LogP contribution < -0.4 is 10.6 Å². The van der Waals surface area contributed by atoms with Crippen LogP contribution in [0.3, 0.4) is 0 Å². The van der Waals surface area contributed by atoms with Crippen LogP contribution in [-0.4, -0.2) is 62.1 Å². The molecule has 1 fully saturated rings. The second-order valence-corrected chi connectivity index (χ2v) is 7.06. The van der Waals surface area contributed by atoms with Crippen molar-refractivity contribution in [3.05, 3.63) is 35.4 Å². The summed E-state index contributed by atoms with van der Waals surface area (Å²) >= 11 is 0. The number of halogens is 1. The average Bonchev–Trinajstić information content (AvgIpc) is 3.04. The van der Waals surface area contributed by atoms with Crippen LogP contribution >= 0.6 is 24.0 Å². The maximum atomic E-state index is 4.78. The van der Waals surface area contributed by atoms with Crippen molar-refractivity contribution < 1.29 is 0 Å². The van der Waals surface area contributed by atoms with Gasteiger partial charge in [0.15, 0.2) is 5.96 Å². The Morgan fingerprint density at radius 2 is 2.00 bits per heavy atom. The molecule has 1 heterocycles. The molecule has 1 saturated heterocycles. The van der Waals surface area contributed by atoms with Crippen molar-refractivity contribution in [1.82, 2.24) is 20.4 Å². The van der Waals surface area contributed by atoms with Crippen LogP contribution in [0, 0.1) is 0 Å². The molecular weight excluding hydrogens is 437 g/mol. The highest BCUT2D eigenvalue weighted by atomic mass is 127. The zero-order valence-electron chi connectivity index (χ0n) is 16.8. The molecule has 26 heavy (non-hydrogen) atoms. The quantitative estimate of drug-likeness (QED) is 0.346. The second kappa shape index (κ2) is 12.5. The van der Waals surface area contributed by atoms with Crippen LogP contribution in [0.5, 0.6) is 0 Å². The maximum Gasteiger partial charge on any atom is 0.191 e. The monoisotopic (exact) mass is 473 g/mol. The number of benzene rings is 1. The van der Waals surface area contributed by atoms with E-state index < -0.39 is 0 Å². The van der Waals surface area contributed by atoms with Crippen molar-refractivity contribution in [2.45, 2.75) is 45.8 Å². The van der Waals surface area contributed by atoms with Gasteiger partial charge >= 0.3 is 0 Å². The summed E-state index contributed by atoms with van der Waals surface area (Å²) < 4.78 is 0. The van der Waals surface area contributed by atoms with Crippen molar-refractivity contribution in [3.8, 4) is 0 Å². The third-order valence-electron chi connectivity index (χ3n) is 4.66. The van der Waals surface area contributed by atoms with Gasteiger partial charge in [-0.25, -0.2) is 4.99 Å². The fourth-order valence-electron chi connectivity index (χ4n) is 3.46. The molecule has 1 aromatic rings. The van der Waals surface area contributed by atoms with Gasteiger partial charge in [-0.2, -0.15) is 0 Å². The lowest BCUT2D eigenvalue weighted by Gasteiger charge is -2.24. The number of guanidine groups is 1. The smallest absolute Gasteiger partial charge is 0.191 e. The van der Waals surface area contributed by atoms with E-state index in [-0.39, 0.29) is 24.0 Å². The first-order chi connectivity index (χ1) is 12.1. The number of likely N-dealkylation sites (N-methyl/N-ethyl adjacent to an activating group) is 1. The largest absolute Gasteiger partial charge is 0.357 e. The van der Waals surface area contributed by atoms with E-state index in [1.165, 1.54) is 30.5 Å². The molecule has 148 valence electrons. The highest BCUT2D eigenvalue weighted by molar-refractivity contribution is 14.0. The van der Waals surface area contributed by atoms with Gasteiger partial charge < -0.3 is 15.5 Å². The van der Waals surface area contributed by atoms with E-state index in [2.05, 4.69) is 72.6 Å². The van der Waals surface area contributed by atoms with E-state index in [4.69, 9.17) is 4.99 Å². The number of nitrogens with one attached hydrogen (secondary N) is 2. The lowest BCUT2D eigenvalue weighted by Crippen LogP contribution is -2.44. The van der Waals surface area contributed by atoms with Gasteiger partial charge in [-0.3, -0.25) is 4.90 Å². The van der Waals surface area contributed by atoms with Crippen LogP contribution in [0.25, 0.3) is 0 Å². The minimum Gasteiger partial charge on any atom is -0.357 e. The molecular formula is C20H36IN5. The molecule has 0 aliphatic carbocycles. The summed E-state index contributed by atoms with van der Waals surface area (Å²) in [4.78, 5) is 9.52. The topological polar surface area (TPSA) is 42.9 Å². The number of hydrogen-bond acceptors (Lipinski definition) is 3. The fourth-order valence-corrected chi connectivity index (χ4v) is 3.46. The Morgan fingerprint density at radius 1 is 1.23 bits per heavy atom. The summed E-state index contributed by atoms with van der Waals surface area (Å²) in [6.07, 6.45) is 2.60. The molecule has 1 atom stereocenters. The van der Waals surface area contributed by atoms with Crippen LogP contribution in [-0.2, 0) is 13.1 Å². The molecule has 1 aromatic carbocycles. The zero-order valence-corrected chi connectivity index (χ0v) is 19.1. The molecule has 0 amide bonds. The molecule has 1 aliphatic rings. The molecule has 2 rings (SSSR count). The molecule has 5 nitrogen and oxygen atoms in total. The summed E-state index contributed by atoms with van der Waals surface area (Å²) in [6, 6.07) is 9.35. The van der Waals surface area contributed by atoms with Gasteiger partial charge in [-0.15, -0.1) is 24.0 Å². The number of aliphatic imine (C=N–C) groups is 1. The van der Waals surface area contributed by atoms with Crippen LogP contribution in [0.1, 0.15) is 37.8 Å². The van der Waals surface area contributed by atoms with Gasteiger partial charge in [0.1, 0.15) is 0 Å². The first-order valence-corrected chi connectivity index (χ1v) is 9.61. The Balaban J connectivity index is 0.00000338. The molecule has 0 aromatic heterocycles. The Kier molecular flexibility index (Phi) is 11.2. The van der Waals surface area contributed by atoms with Gasteiger partial charge in [0, 0.05) is 25.7 Å².